The fourth-order valence-corrected chi connectivity index (χ4v) is 5.12. The van der Waals surface area contributed by atoms with Crippen LogP contribution in [0.4, 0.5) is 0 Å². The summed E-state index contributed by atoms with van der Waals surface area (Å²) >= 11 is 0. The van der Waals surface area contributed by atoms with E-state index in [1.54, 1.807) is 12.1 Å². The number of carboxylic acid groups (broad SMARTS) is 1. The van der Waals surface area contributed by atoms with Crippen molar-refractivity contribution in [2.45, 2.75) is 49.2 Å². The summed E-state index contributed by atoms with van der Waals surface area (Å²) in [5, 5.41) is 10.5. The fourth-order valence-electron chi connectivity index (χ4n) is 3.53. The number of hydrogen-bond acceptors (Lipinski definition) is 3. The molecule has 1 unspecified atom stereocenters. The molecular formula is C24H26O4S. The number of rotatable bonds is 9. The highest BCUT2D eigenvalue weighted by molar-refractivity contribution is 7.92. The molecule has 0 bridgehead atoms. The van der Waals surface area contributed by atoms with Gasteiger partial charge in [0.1, 0.15) is 0 Å². The van der Waals surface area contributed by atoms with Crippen molar-refractivity contribution in [2.75, 3.05) is 0 Å². The van der Waals surface area contributed by atoms with Crippen LogP contribution in [0.5, 0.6) is 0 Å². The van der Waals surface area contributed by atoms with Crippen molar-refractivity contribution in [3.05, 3.63) is 77.9 Å². The van der Waals surface area contributed by atoms with E-state index in [-0.39, 0.29) is 11.3 Å². The molecule has 152 valence electrons. The molecule has 0 amide bonds. The molecule has 3 aromatic carbocycles. The molecule has 0 heterocycles. The van der Waals surface area contributed by atoms with Crippen molar-refractivity contribution in [2.24, 2.45) is 0 Å². The number of aliphatic carboxylic acids is 1. The Labute approximate surface area is 172 Å². The van der Waals surface area contributed by atoms with Crippen LogP contribution in [0.1, 0.15) is 36.8 Å². The number of aryl methyl sites for hydroxylation is 2. The first-order valence-corrected chi connectivity index (χ1v) is 11.4. The number of sulfone groups is 1. The first-order chi connectivity index (χ1) is 13.9. The smallest absolute Gasteiger partial charge is 0.322 e. The molecular weight excluding hydrogens is 384 g/mol. The second-order valence-electron chi connectivity index (χ2n) is 7.47. The van der Waals surface area contributed by atoms with Crippen molar-refractivity contribution in [1.82, 2.24) is 0 Å². The van der Waals surface area contributed by atoms with Crippen LogP contribution in [0.3, 0.4) is 0 Å². The third kappa shape index (κ3) is 5.24. The van der Waals surface area contributed by atoms with Gasteiger partial charge in [0.2, 0.25) is 0 Å². The lowest BCUT2D eigenvalue weighted by molar-refractivity contribution is -0.136. The Bertz CT molecular complexity index is 1090. The van der Waals surface area contributed by atoms with Crippen LogP contribution in [-0.2, 0) is 21.1 Å². The maximum atomic E-state index is 12.7. The topological polar surface area (TPSA) is 71.4 Å². The Morgan fingerprint density at radius 1 is 0.897 bits per heavy atom. The highest BCUT2D eigenvalue weighted by Crippen LogP contribution is 2.22. The summed E-state index contributed by atoms with van der Waals surface area (Å²) in [5.74, 6) is -1.28. The van der Waals surface area contributed by atoms with Gasteiger partial charge in [-0.1, -0.05) is 73.0 Å². The van der Waals surface area contributed by atoms with E-state index in [1.807, 2.05) is 19.1 Å². The van der Waals surface area contributed by atoms with Crippen molar-refractivity contribution in [1.29, 1.82) is 0 Å². The molecule has 3 aromatic rings. The van der Waals surface area contributed by atoms with E-state index in [0.717, 1.165) is 24.8 Å². The number of unbranched alkanes of at least 4 members (excludes halogenated alkanes) is 2. The predicted octanol–water partition coefficient (Wildman–Crippen LogP) is 5.18. The van der Waals surface area contributed by atoms with Crippen LogP contribution < -0.4 is 0 Å². The molecule has 0 radical (unpaired) electrons. The molecule has 0 aliphatic rings. The quantitative estimate of drug-likeness (QED) is 0.494. The lowest BCUT2D eigenvalue weighted by atomic mass is 10.0. The SMILES string of the molecule is Cc1ccc(S(=O)(=O)C(CCCCCc2ccc3ccccc3c2)C(=O)O)cc1. The molecule has 0 aliphatic carbocycles. The van der Waals surface area contributed by atoms with Crippen LogP contribution in [0.25, 0.3) is 10.8 Å². The van der Waals surface area contributed by atoms with E-state index in [0.29, 0.717) is 6.42 Å². The number of benzene rings is 3. The zero-order valence-corrected chi connectivity index (χ0v) is 17.4. The third-order valence-corrected chi connectivity index (χ3v) is 7.36. The molecule has 1 atom stereocenters. The second kappa shape index (κ2) is 9.23. The number of carbonyl (C=O) groups is 1. The standard InChI is InChI=1S/C24H26O4S/c1-18-11-15-22(16-12-18)29(27,28)23(24(25)26)10-4-2-3-7-19-13-14-20-8-5-6-9-21(20)17-19/h5-6,8-9,11-17,23H,2-4,7,10H2,1H3,(H,25,26). The van der Waals surface area contributed by atoms with Crippen LogP contribution in [0.15, 0.2) is 71.6 Å². The van der Waals surface area contributed by atoms with E-state index in [9.17, 15) is 18.3 Å². The Morgan fingerprint density at radius 3 is 2.28 bits per heavy atom. The fraction of sp³-hybridized carbons (Fsp3) is 0.292. The number of carboxylic acids is 1. The van der Waals surface area contributed by atoms with Crippen LogP contribution in [0, 0.1) is 6.92 Å². The van der Waals surface area contributed by atoms with Gasteiger partial charge in [-0.3, -0.25) is 4.79 Å². The summed E-state index contributed by atoms with van der Waals surface area (Å²) in [4.78, 5) is 11.7. The lowest BCUT2D eigenvalue weighted by Crippen LogP contribution is -2.30. The van der Waals surface area contributed by atoms with Gasteiger partial charge in [-0.05, 0) is 54.7 Å². The number of fused-ring (bicyclic) bond motifs is 1. The summed E-state index contributed by atoms with van der Waals surface area (Å²) in [6.07, 6.45) is 3.28. The lowest BCUT2D eigenvalue weighted by Gasteiger charge is -2.14. The molecule has 0 aromatic heterocycles. The summed E-state index contributed by atoms with van der Waals surface area (Å²) < 4.78 is 25.4. The van der Waals surface area contributed by atoms with Crippen molar-refractivity contribution in [3.8, 4) is 0 Å². The summed E-state index contributed by atoms with van der Waals surface area (Å²) in [7, 11) is -3.88. The highest BCUT2D eigenvalue weighted by atomic mass is 32.2. The Morgan fingerprint density at radius 2 is 1.59 bits per heavy atom. The molecule has 29 heavy (non-hydrogen) atoms. The Balaban J connectivity index is 1.55. The number of hydrogen-bond donors (Lipinski definition) is 1. The zero-order valence-electron chi connectivity index (χ0n) is 16.5. The normalized spacial score (nSPS) is 12.7. The van der Waals surface area contributed by atoms with Gasteiger partial charge in [0, 0.05) is 0 Å². The van der Waals surface area contributed by atoms with E-state index < -0.39 is 21.1 Å². The van der Waals surface area contributed by atoms with Crippen molar-refractivity contribution >= 4 is 26.6 Å². The summed E-state index contributed by atoms with van der Waals surface area (Å²) in [6.45, 7) is 1.86. The highest BCUT2D eigenvalue weighted by Gasteiger charge is 2.33. The molecule has 0 fully saturated rings. The first kappa shape index (κ1) is 21.1. The molecule has 0 saturated heterocycles. The average molecular weight is 411 g/mol. The minimum atomic E-state index is -3.88. The molecule has 0 spiro atoms. The van der Waals surface area contributed by atoms with Gasteiger partial charge >= 0.3 is 5.97 Å². The van der Waals surface area contributed by atoms with Gasteiger partial charge in [0.05, 0.1) is 4.90 Å². The molecule has 0 aliphatic heterocycles. The second-order valence-corrected chi connectivity index (χ2v) is 9.60. The van der Waals surface area contributed by atoms with Crippen LogP contribution >= 0.6 is 0 Å². The van der Waals surface area contributed by atoms with Gasteiger partial charge in [0.15, 0.2) is 15.1 Å². The van der Waals surface area contributed by atoms with Crippen molar-refractivity contribution < 1.29 is 18.3 Å². The Kier molecular flexibility index (Phi) is 6.70. The molecule has 5 heteroatoms. The maximum Gasteiger partial charge on any atom is 0.322 e. The van der Waals surface area contributed by atoms with Gasteiger partial charge < -0.3 is 5.11 Å². The monoisotopic (exact) mass is 410 g/mol. The van der Waals surface area contributed by atoms with E-state index in [2.05, 4.69) is 30.3 Å². The third-order valence-electron chi connectivity index (χ3n) is 5.25. The summed E-state index contributed by atoms with van der Waals surface area (Å²) in [5.41, 5.74) is 2.18. The molecule has 3 rings (SSSR count). The molecule has 0 saturated carbocycles. The van der Waals surface area contributed by atoms with Crippen molar-refractivity contribution in [3.63, 3.8) is 0 Å². The minimum Gasteiger partial charge on any atom is -0.480 e. The van der Waals surface area contributed by atoms with Gasteiger partial charge in [0.25, 0.3) is 0 Å². The van der Waals surface area contributed by atoms with Crippen LogP contribution in [0.2, 0.25) is 0 Å². The van der Waals surface area contributed by atoms with E-state index in [1.165, 1.54) is 28.5 Å². The first-order valence-electron chi connectivity index (χ1n) is 9.89. The van der Waals surface area contributed by atoms with Crippen LogP contribution in [-0.4, -0.2) is 24.7 Å². The van der Waals surface area contributed by atoms with Gasteiger partial charge in [-0.25, -0.2) is 8.42 Å². The molecule has 4 nitrogen and oxygen atoms in total. The predicted molar refractivity (Wildman–Crippen MR) is 116 cm³/mol. The summed E-state index contributed by atoms with van der Waals surface area (Å²) in [6, 6.07) is 21.0. The van der Waals surface area contributed by atoms with Gasteiger partial charge in [-0.15, -0.1) is 0 Å². The Hall–Kier alpha value is -2.66. The average Bonchev–Trinajstić information content (AvgIpc) is 2.70. The minimum absolute atomic E-state index is 0.0756. The van der Waals surface area contributed by atoms with Gasteiger partial charge in [-0.2, -0.15) is 0 Å². The largest absolute Gasteiger partial charge is 0.480 e. The maximum absolute atomic E-state index is 12.7. The molecule has 1 N–H and O–H groups in total. The zero-order chi connectivity index (χ0) is 20.9. The van der Waals surface area contributed by atoms with E-state index >= 15 is 0 Å². The van der Waals surface area contributed by atoms with E-state index in [4.69, 9.17) is 0 Å².